The van der Waals surface area contributed by atoms with Crippen LogP contribution in [0, 0.1) is 0 Å². The zero-order chi connectivity index (χ0) is 16.1. The van der Waals surface area contributed by atoms with Crippen LogP contribution in [0.15, 0.2) is 24.5 Å². The van der Waals surface area contributed by atoms with Crippen LogP contribution in [0.1, 0.15) is 23.7 Å². The van der Waals surface area contributed by atoms with Crippen molar-refractivity contribution in [3.63, 3.8) is 0 Å². The molecule has 0 bridgehead atoms. The predicted octanol–water partition coefficient (Wildman–Crippen LogP) is 0.264. The number of amides is 1. The molecule has 1 heterocycles. The summed E-state index contributed by atoms with van der Waals surface area (Å²) >= 11 is 0. The Balaban J connectivity index is 2.31. The normalized spacial score (nSPS) is 11.7. The van der Waals surface area contributed by atoms with E-state index in [0.29, 0.717) is 11.4 Å². The quantitative estimate of drug-likeness (QED) is 0.785. The highest BCUT2D eigenvalue weighted by molar-refractivity contribution is 5.97. The fourth-order valence-corrected chi connectivity index (χ4v) is 1.86. The van der Waals surface area contributed by atoms with Gasteiger partial charge in [-0.15, -0.1) is 5.10 Å². The Kier molecular flexibility index (Phi) is 4.66. The van der Waals surface area contributed by atoms with Gasteiger partial charge in [0.15, 0.2) is 0 Å². The van der Waals surface area contributed by atoms with Crippen LogP contribution in [0.2, 0.25) is 0 Å². The molecule has 116 valence electrons. The van der Waals surface area contributed by atoms with Crippen molar-refractivity contribution in [2.45, 2.75) is 19.4 Å². The van der Waals surface area contributed by atoms with Gasteiger partial charge in [0.05, 0.1) is 7.11 Å². The first-order chi connectivity index (χ1) is 10.6. The summed E-state index contributed by atoms with van der Waals surface area (Å²) < 4.78 is 6.55. The van der Waals surface area contributed by atoms with Crippen molar-refractivity contribution < 1.29 is 19.4 Å². The lowest BCUT2D eigenvalue weighted by Gasteiger charge is -2.13. The van der Waals surface area contributed by atoms with Gasteiger partial charge in [-0.2, -0.15) is 4.68 Å². The van der Waals surface area contributed by atoms with Crippen LogP contribution < -0.4 is 10.1 Å². The fourth-order valence-electron chi connectivity index (χ4n) is 1.86. The van der Waals surface area contributed by atoms with Gasteiger partial charge < -0.3 is 15.2 Å². The number of carboxylic acid groups (broad SMARTS) is 1. The summed E-state index contributed by atoms with van der Waals surface area (Å²) in [5.74, 6) is -1.09. The SMILES string of the molecule is CCC(NC(=O)c1ccc(OC)c(-n2cnnn2)c1)C(=O)O. The van der Waals surface area contributed by atoms with Crippen molar-refractivity contribution in [3.05, 3.63) is 30.1 Å². The number of carbonyl (C=O) groups is 2. The number of hydrogen-bond acceptors (Lipinski definition) is 6. The third-order valence-electron chi connectivity index (χ3n) is 3.05. The summed E-state index contributed by atoms with van der Waals surface area (Å²) in [6.45, 7) is 1.68. The molecule has 9 nitrogen and oxygen atoms in total. The van der Waals surface area contributed by atoms with E-state index in [1.807, 2.05) is 0 Å². The first-order valence-electron chi connectivity index (χ1n) is 6.51. The Labute approximate surface area is 125 Å². The zero-order valence-electron chi connectivity index (χ0n) is 12.1. The molecule has 9 heteroatoms. The molecule has 2 N–H and O–H groups in total. The molecule has 0 aliphatic carbocycles. The first kappa shape index (κ1) is 15.4. The lowest BCUT2D eigenvalue weighted by atomic mass is 10.1. The average Bonchev–Trinajstić information content (AvgIpc) is 3.05. The monoisotopic (exact) mass is 305 g/mol. The standard InChI is InChI=1S/C13H15N5O4/c1-3-9(13(20)21)15-12(19)8-4-5-11(22-2)10(6-8)18-7-14-16-17-18/h4-7,9H,3H2,1-2H3,(H,15,19)(H,20,21). The number of aliphatic carboxylic acids is 1. The van der Waals surface area contributed by atoms with Crippen LogP contribution >= 0.6 is 0 Å². The second-order valence-electron chi connectivity index (χ2n) is 4.41. The summed E-state index contributed by atoms with van der Waals surface area (Å²) in [5, 5.41) is 22.3. The number of nitrogens with one attached hydrogen (secondary N) is 1. The number of ether oxygens (including phenoxy) is 1. The summed E-state index contributed by atoms with van der Waals surface area (Å²) in [5.41, 5.74) is 0.759. The van der Waals surface area contributed by atoms with E-state index in [-0.39, 0.29) is 12.0 Å². The van der Waals surface area contributed by atoms with Crippen LogP contribution in [-0.2, 0) is 4.79 Å². The van der Waals surface area contributed by atoms with Crippen molar-refractivity contribution >= 4 is 11.9 Å². The molecule has 22 heavy (non-hydrogen) atoms. The Morgan fingerprint density at radius 2 is 2.23 bits per heavy atom. The smallest absolute Gasteiger partial charge is 0.326 e. The van der Waals surface area contributed by atoms with Crippen LogP contribution in [0.3, 0.4) is 0 Å². The Morgan fingerprint density at radius 1 is 1.45 bits per heavy atom. The van der Waals surface area contributed by atoms with E-state index in [4.69, 9.17) is 9.84 Å². The van der Waals surface area contributed by atoms with Crippen molar-refractivity contribution in [1.29, 1.82) is 0 Å². The van der Waals surface area contributed by atoms with E-state index in [9.17, 15) is 9.59 Å². The van der Waals surface area contributed by atoms with Crippen molar-refractivity contribution in [2.75, 3.05) is 7.11 Å². The molecular formula is C13H15N5O4. The van der Waals surface area contributed by atoms with Crippen molar-refractivity contribution in [2.24, 2.45) is 0 Å². The van der Waals surface area contributed by atoms with Crippen LogP contribution in [0.25, 0.3) is 5.69 Å². The minimum absolute atomic E-state index is 0.283. The Morgan fingerprint density at radius 3 is 2.77 bits per heavy atom. The lowest BCUT2D eigenvalue weighted by molar-refractivity contribution is -0.139. The zero-order valence-corrected chi connectivity index (χ0v) is 12.1. The number of hydrogen-bond donors (Lipinski definition) is 2. The molecule has 1 atom stereocenters. The third-order valence-corrected chi connectivity index (χ3v) is 3.05. The predicted molar refractivity (Wildman–Crippen MR) is 74.9 cm³/mol. The van der Waals surface area contributed by atoms with E-state index in [1.165, 1.54) is 30.3 Å². The molecule has 1 aromatic carbocycles. The topological polar surface area (TPSA) is 119 Å². The maximum absolute atomic E-state index is 12.2. The Bertz CT molecular complexity index is 671. The maximum atomic E-state index is 12.2. The Hall–Kier alpha value is -2.97. The van der Waals surface area contributed by atoms with Crippen LogP contribution in [0.5, 0.6) is 5.75 Å². The average molecular weight is 305 g/mol. The van der Waals surface area contributed by atoms with Gasteiger partial charge in [-0.25, -0.2) is 4.79 Å². The van der Waals surface area contributed by atoms with Gasteiger partial charge in [-0.1, -0.05) is 6.92 Å². The van der Waals surface area contributed by atoms with E-state index < -0.39 is 17.9 Å². The minimum Gasteiger partial charge on any atom is -0.494 e. The number of carbonyl (C=O) groups excluding carboxylic acids is 1. The number of nitrogens with zero attached hydrogens (tertiary/aromatic N) is 4. The molecule has 1 amide bonds. The molecule has 1 aromatic heterocycles. The highest BCUT2D eigenvalue weighted by atomic mass is 16.5. The highest BCUT2D eigenvalue weighted by Crippen LogP contribution is 2.23. The minimum atomic E-state index is -1.08. The molecule has 0 saturated carbocycles. The number of benzene rings is 1. The van der Waals surface area contributed by atoms with Gasteiger partial charge in [0.25, 0.3) is 5.91 Å². The molecule has 0 saturated heterocycles. The number of tetrazole rings is 1. The molecule has 2 rings (SSSR count). The summed E-state index contributed by atoms with van der Waals surface area (Å²) in [4.78, 5) is 23.1. The highest BCUT2D eigenvalue weighted by Gasteiger charge is 2.19. The number of methoxy groups -OCH3 is 1. The first-order valence-corrected chi connectivity index (χ1v) is 6.51. The molecule has 2 aromatic rings. The van der Waals surface area contributed by atoms with E-state index in [2.05, 4.69) is 20.8 Å². The number of carboxylic acids is 1. The molecule has 0 fully saturated rings. The lowest BCUT2D eigenvalue weighted by Crippen LogP contribution is -2.40. The van der Waals surface area contributed by atoms with Crippen molar-refractivity contribution in [1.82, 2.24) is 25.5 Å². The van der Waals surface area contributed by atoms with Gasteiger partial charge in [0.2, 0.25) is 0 Å². The molecule has 0 aliphatic heterocycles. The molecular weight excluding hydrogens is 290 g/mol. The summed E-state index contributed by atoms with van der Waals surface area (Å²) in [6, 6.07) is 3.72. The number of rotatable bonds is 6. The number of aromatic nitrogens is 4. The van der Waals surface area contributed by atoms with Gasteiger partial charge >= 0.3 is 5.97 Å². The second kappa shape index (κ2) is 6.66. The van der Waals surface area contributed by atoms with Crippen molar-refractivity contribution in [3.8, 4) is 11.4 Å². The van der Waals surface area contributed by atoms with Crippen LogP contribution in [0.4, 0.5) is 0 Å². The van der Waals surface area contributed by atoms with Gasteiger partial charge in [-0.05, 0) is 35.0 Å². The second-order valence-corrected chi connectivity index (χ2v) is 4.41. The largest absolute Gasteiger partial charge is 0.494 e. The molecule has 0 aliphatic rings. The maximum Gasteiger partial charge on any atom is 0.326 e. The van der Waals surface area contributed by atoms with E-state index >= 15 is 0 Å². The molecule has 0 spiro atoms. The van der Waals surface area contributed by atoms with Gasteiger partial charge in [0.1, 0.15) is 23.8 Å². The van der Waals surface area contributed by atoms with Crippen LogP contribution in [-0.4, -0.2) is 50.3 Å². The van der Waals surface area contributed by atoms with E-state index in [0.717, 1.165) is 0 Å². The van der Waals surface area contributed by atoms with Gasteiger partial charge in [0, 0.05) is 5.56 Å². The van der Waals surface area contributed by atoms with E-state index in [1.54, 1.807) is 13.0 Å². The summed E-state index contributed by atoms with van der Waals surface area (Å²) in [6.07, 6.45) is 1.66. The molecule has 0 radical (unpaired) electrons. The third kappa shape index (κ3) is 3.19. The summed E-state index contributed by atoms with van der Waals surface area (Å²) in [7, 11) is 1.49. The molecule has 1 unspecified atom stereocenters. The van der Waals surface area contributed by atoms with Gasteiger partial charge in [-0.3, -0.25) is 4.79 Å². The fraction of sp³-hybridized carbons (Fsp3) is 0.308.